The molecule has 4 aromatic rings. The highest BCUT2D eigenvalue weighted by atomic mass is 16.6. The largest absolute Gasteiger partial charge is 0.378 e. The highest BCUT2D eigenvalue weighted by molar-refractivity contribution is 5.65. The van der Waals surface area contributed by atoms with Gasteiger partial charge < -0.3 is 9.80 Å². The van der Waals surface area contributed by atoms with Crippen molar-refractivity contribution in [2.45, 2.75) is 0 Å². The van der Waals surface area contributed by atoms with Crippen molar-refractivity contribution in [1.82, 2.24) is 0 Å². The molecular formula is C38H28N4O4. The molecule has 8 nitrogen and oxygen atoms in total. The van der Waals surface area contributed by atoms with Crippen LogP contribution in [-0.2, 0) is 0 Å². The fraction of sp³-hybridized carbons (Fsp3) is 0.105. The summed E-state index contributed by atoms with van der Waals surface area (Å²) in [6, 6.07) is 27.3. The Balaban J connectivity index is 1.87. The number of allylic oxidation sites excluding steroid dienone is 2. The topological polar surface area (TPSA) is 92.8 Å². The molecule has 0 saturated carbocycles. The average molecular weight is 605 g/mol. The molecule has 0 aliphatic carbocycles. The van der Waals surface area contributed by atoms with Gasteiger partial charge in [-0.3, -0.25) is 20.2 Å². The van der Waals surface area contributed by atoms with Crippen LogP contribution in [0.5, 0.6) is 0 Å². The quantitative estimate of drug-likeness (QED) is 0.151. The summed E-state index contributed by atoms with van der Waals surface area (Å²) in [7, 11) is 7.84. The monoisotopic (exact) mass is 604 g/mol. The normalized spacial score (nSPS) is 9.39. The summed E-state index contributed by atoms with van der Waals surface area (Å²) in [5.41, 5.74) is 5.30. The first-order chi connectivity index (χ1) is 22.1. The van der Waals surface area contributed by atoms with E-state index in [0.717, 1.165) is 22.5 Å². The van der Waals surface area contributed by atoms with Gasteiger partial charge in [0.1, 0.15) is 0 Å². The van der Waals surface area contributed by atoms with Gasteiger partial charge in [-0.05, 0) is 72.8 Å². The zero-order valence-corrected chi connectivity index (χ0v) is 25.7. The van der Waals surface area contributed by atoms with Crippen LogP contribution < -0.4 is 9.80 Å². The molecule has 0 bridgehead atoms. The number of rotatable bonds is 4. The maximum atomic E-state index is 11.1. The molecule has 4 aromatic carbocycles. The van der Waals surface area contributed by atoms with Gasteiger partial charge >= 0.3 is 0 Å². The van der Waals surface area contributed by atoms with Crippen LogP contribution in [0.15, 0.2) is 108 Å². The second kappa shape index (κ2) is 15.1. The second-order valence-electron chi connectivity index (χ2n) is 10.2. The van der Waals surface area contributed by atoms with Crippen LogP contribution >= 0.6 is 0 Å². The molecule has 0 fully saturated rings. The minimum Gasteiger partial charge on any atom is -0.378 e. The van der Waals surface area contributed by atoms with Crippen molar-refractivity contribution in [3.05, 3.63) is 151 Å². The van der Waals surface area contributed by atoms with Crippen LogP contribution in [0.3, 0.4) is 0 Å². The zero-order valence-electron chi connectivity index (χ0n) is 25.7. The van der Waals surface area contributed by atoms with E-state index in [-0.39, 0.29) is 11.4 Å². The van der Waals surface area contributed by atoms with Gasteiger partial charge in [0.05, 0.1) is 21.0 Å². The van der Waals surface area contributed by atoms with Gasteiger partial charge in [-0.15, -0.1) is 0 Å². The summed E-state index contributed by atoms with van der Waals surface area (Å²) in [4.78, 5) is 25.2. The van der Waals surface area contributed by atoms with E-state index in [1.807, 2.05) is 86.5 Å². The van der Waals surface area contributed by atoms with Gasteiger partial charge in [0.15, 0.2) is 0 Å². The fourth-order valence-corrected chi connectivity index (χ4v) is 3.87. The second-order valence-corrected chi connectivity index (χ2v) is 10.2. The lowest BCUT2D eigenvalue weighted by molar-refractivity contribution is -0.385. The smallest absolute Gasteiger partial charge is 0.269 e. The van der Waals surface area contributed by atoms with Gasteiger partial charge in [-0.2, -0.15) is 0 Å². The number of anilines is 2. The minimum atomic E-state index is -0.475. The Bertz CT molecular complexity index is 1880. The Hall–Kier alpha value is -6.74. The molecular weight excluding hydrogens is 576 g/mol. The standard InChI is InChI=1S/C38H28N4O4/c1-39(2)35-21-9-29(10-22-35)5-17-33(18-6-30-11-23-36(24-12-30)40(3)4)34(19-7-31-13-25-37(26-14-31)41(43)44)20-8-32-15-27-38(28-16-32)42(45)46/h9-16,21-28H,1-4H3. The van der Waals surface area contributed by atoms with Gasteiger partial charge in [0.2, 0.25) is 0 Å². The average Bonchev–Trinajstić information content (AvgIpc) is 3.06. The predicted molar refractivity (Wildman–Crippen MR) is 182 cm³/mol. The molecule has 0 N–H and O–H groups in total. The molecule has 8 heteroatoms. The molecule has 224 valence electrons. The molecule has 0 aromatic heterocycles. The highest BCUT2D eigenvalue weighted by Crippen LogP contribution is 2.15. The lowest BCUT2D eigenvalue weighted by atomic mass is 10.1. The summed E-state index contributed by atoms with van der Waals surface area (Å²) >= 11 is 0. The van der Waals surface area contributed by atoms with E-state index in [1.54, 1.807) is 24.3 Å². The molecule has 0 heterocycles. The molecule has 0 aliphatic rings. The van der Waals surface area contributed by atoms with Gasteiger partial charge in [0, 0.05) is 86.1 Å². The van der Waals surface area contributed by atoms with Crippen molar-refractivity contribution >= 4 is 22.7 Å². The third-order valence-electron chi connectivity index (χ3n) is 6.50. The van der Waals surface area contributed by atoms with E-state index in [4.69, 9.17) is 0 Å². The van der Waals surface area contributed by atoms with E-state index in [1.165, 1.54) is 24.3 Å². The molecule has 0 amide bonds. The van der Waals surface area contributed by atoms with Crippen LogP contribution in [0.2, 0.25) is 0 Å². The summed E-state index contributed by atoms with van der Waals surface area (Å²) in [5.74, 6) is 24.8. The first-order valence-electron chi connectivity index (χ1n) is 13.9. The molecule has 46 heavy (non-hydrogen) atoms. The van der Waals surface area contributed by atoms with Crippen molar-refractivity contribution in [2.24, 2.45) is 0 Å². The number of nitro benzene ring substituents is 2. The number of benzene rings is 4. The molecule has 0 unspecified atom stereocenters. The predicted octanol–water partition coefficient (Wildman–Crippen LogP) is 6.44. The Morgan fingerprint density at radius 3 is 0.913 bits per heavy atom. The third kappa shape index (κ3) is 9.13. The number of hydrogen-bond acceptors (Lipinski definition) is 6. The summed E-state index contributed by atoms with van der Waals surface area (Å²) in [6.07, 6.45) is 0. The molecule has 0 aliphatic heterocycles. The number of nitro groups is 2. The van der Waals surface area contributed by atoms with Crippen molar-refractivity contribution in [1.29, 1.82) is 0 Å². The summed E-state index contributed by atoms with van der Waals surface area (Å²) < 4.78 is 0. The van der Waals surface area contributed by atoms with Crippen molar-refractivity contribution in [3.8, 4) is 47.4 Å². The highest BCUT2D eigenvalue weighted by Gasteiger charge is 2.05. The van der Waals surface area contributed by atoms with E-state index in [9.17, 15) is 20.2 Å². The van der Waals surface area contributed by atoms with Gasteiger partial charge in [-0.1, -0.05) is 47.4 Å². The van der Waals surface area contributed by atoms with E-state index >= 15 is 0 Å². The Labute approximate surface area is 268 Å². The van der Waals surface area contributed by atoms with Crippen LogP contribution in [0, 0.1) is 67.6 Å². The Morgan fingerprint density at radius 1 is 0.457 bits per heavy atom. The van der Waals surface area contributed by atoms with Gasteiger partial charge in [-0.25, -0.2) is 0 Å². The first-order valence-corrected chi connectivity index (χ1v) is 13.9. The number of nitrogens with zero attached hydrogens (tertiary/aromatic N) is 4. The molecule has 0 saturated heterocycles. The number of hydrogen-bond donors (Lipinski definition) is 0. The first kappa shape index (κ1) is 32.2. The van der Waals surface area contributed by atoms with Crippen molar-refractivity contribution < 1.29 is 9.85 Å². The zero-order chi connectivity index (χ0) is 33.1. The van der Waals surface area contributed by atoms with Crippen molar-refractivity contribution in [2.75, 3.05) is 38.0 Å². The molecule has 0 atom stereocenters. The summed E-state index contributed by atoms with van der Waals surface area (Å²) in [6.45, 7) is 0. The van der Waals surface area contributed by atoms with Crippen LogP contribution in [0.1, 0.15) is 22.3 Å². The van der Waals surface area contributed by atoms with E-state index in [2.05, 4.69) is 47.4 Å². The fourth-order valence-electron chi connectivity index (χ4n) is 3.87. The lowest BCUT2D eigenvalue weighted by Gasteiger charge is -2.11. The maximum Gasteiger partial charge on any atom is 0.269 e. The van der Waals surface area contributed by atoms with Crippen molar-refractivity contribution in [3.63, 3.8) is 0 Å². The minimum absolute atomic E-state index is 0.0442. The molecule has 4 rings (SSSR count). The Morgan fingerprint density at radius 2 is 0.696 bits per heavy atom. The molecule has 0 radical (unpaired) electrons. The SMILES string of the molecule is CN(C)c1ccc(C#CC(C#Cc2ccc(N(C)C)cc2)=C(C#Cc2ccc([N+](=O)[O-])cc2)C#Cc2ccc([N+](=O)[O-])cc2)cc1. The Kier molecular flexibility index (Phi) is 10.6. The van der Waals surface area contributed by atoms with E-state index < -0.39 is 9.85 Å². The van der Waals surface area contributed by atoms with Gasteiger partial charge in [0.25, 0.3) is 11.4 Å². The van der Waals surface area contributed by atoms with E-state index in [0.29, 0.717) is 22.3 Å². The number of non-ortho nitro benzene ring substituents is 2. The van der Waals surface area contributed by atoms with Crippen LogP contribution in [0.4, 0.5) is 22.7 Å². The third-order valence-corrected chi connectivity index (χ3v) is 6.50. The molecule has 0 spiro atoms. The maximum absolute atomic E-state index is 11.1. The van der Waals surface area contributed by atoms with Crippen LogP contribution in [0.25, 0.3) is 0 Å². The summed E-state index contributed by atoms with van der Waals surface area (Å²) in [5, 5.41) is 22.2. The lowest BCUT2D eigenvalue weighted by Crippen LogP contribution is -2.07. The van der Waals surface area contributed by atoms with Crippen LogP contribution in [-0.4, -0.2) is 38.0 Å².